The Morgan fingerprint density at radius 3 is 2.53 bits per heavy atom. The minimum atomic E-state index is 0.754. The van der Waals surface area contributed by atoms with E-state index in [0.717, 1.165) is 19.0 Å². The molecule has 2 rings (SSSR count). The second-order valence-electron chi connectivity index (χ2n) is 5.26. The normalized spacial score (nSPS) is 18.5. The molecule has 0 spiro atoms. The Morgan fingerprint density at radius 1 is 1.24 bits per heavy atom. The summed E-state index contributed by atoms with van der Waals surface area (Å²) < 4.78 is 0. The summed E-state index contributed by atoms with van der Waals surface area (Å²) in [6, 6.07) is 6.88. The average Bonchev–Trinajstić information content (AvgIpc) is 2.31. The van der Waals surface area contributed by atoms with Crippen LogP contribution < -0.4 is 5.73 Å². The van der Waals surface area contributed by atoms with Crippen molar-refractivity contribution in [3.8, 4) is 0 Å². The standard InChI is InChI=1S/C15H24N2/c1-12-3-4-15(13(2)11-12)14-5-8-17(9-6-14)10-7-16/h3-4,11,14H,5-10,16H2,1-2H3. The molecule has 1 aromatic rings. The van der Waals surface area contributed by atoms with Gasteiger partial charge in [0.2, 0.25) is 0 Å². The molecule has 0 aromatic heterocycles. The van der Waals surface area contributed by atoms with Crippen LogP contribution in [0.3, 0.4) is 0 Å². The van der Waals surface area contributed by atoms with Crippen LogP contribution in [0.2, 0.25) is 0 Å². The second-order valence-corrected chi connectivity index (χ2v) is 5.26. The fourth-order valence-electron chi connectivity index (χ4n) is 2.93. The van der Waals surface area contributed by atoms with Crippen LogP contribution in [0.25, 0.3) is 0 Å². The number of rotatable bonds is 3. The highest BCUT2D eigenvalue weighted by atomic mass is 15.1. The Morgan fingerprint density at radius 2 is 1.94 bits per heavy atom. The molecule has 17 heavy (non-hydrogen) atoms. The summed E-state index contributed by atoms with van der Waals surface area (Å²) in [5.41, 5.74) is 9.99. The lowest BCUT2D eigenvalue weighted by Gasteiger charge is -2.32. The summed E-state index contributed by atoms with van der Waals surface area (Å²) in [4.78, 5) is 2.49. The largest absolute Gasteiger partial charge is 0.329 e. The molecule has 2 heteroatoms. The number of benzene rings is 1. The van der Waals surface area contributed by atoms with Crippen molar-refractivity contribution >= 4 is 0 Å². The monoisotopic (exact) mass is 232 g/mol. The first-order valence-electron chi connectivity index (χ1n) is 6.70. The van der Waals surface area contributed by atoms with Crippen molar-refractivity contribution in [2.45, 2.75) is 32.6 Å². The third kappa shape index (κ3) is 3.08. The van der Waals surface area contributed by atoms with Crippen molar-refractivity contribution in [2.75, 3.05) is 26.2 Å². The maximum atomic E-state index is 5.60. The van der Waals surface area contributed by atoms with Crippen LogP contribution in [0.1, 0.15) is 35.4 Å². The molecule has 0 saturated carbocycles. The lowest BCUT2D eigenvalue weighted by molar-refractivity contribution is 0.217. The Balaban J connectivity index is 2.00. The minimum Gasteiger partial charge on any atom is -0.329 e. The van der Waals surface area contributed by atoms with E-state index in [-0.39, 0.29) is 0 Å². The lowest BCUT2D eigenvalue weighted by atomic mass is 9.86. The van der Waals surface area contributed by atoms with Gasteiger partial charge < -0.3 is 10.6 Å². The van der Waals surface area contributed by atoms with Gasteiger partial charge in [0.25, 0.3) is 0 Å². The highest BCUT2D eigenvalue weighted by Gasteiger charge is 2.20. The zero-order valence-electron chi connectivity index (χ0n) is 11.1. The predicted molar refractivity (Wildman–Crippen MR) is 73.4 cm³/mol. The van der Waals surface area contributed by atoms with Gasteiger partial charge in [-0.1, -0.05) is 23.8 Å². The van der Waals surface area contributed by atoms with Crippen molar-refractivity contribution in [3.05, 3.63) is 34.9 Å². The molecule has 1 aliphatic heterocycles. The molecule has 1 aromatic carbocycles. The number of likely N-dealkylation sites (tertiary alicyclic amines) is 1. The fourth-order valence-corrected chi connectivity index (χ4v) is 2.93. The van der Waals surface area contributed by atoms with Crippen LogP contribution >= 0.6 is 0 Å². The number of nitrogens with zero attached hydrogens (tertiary/aromatic N) is 1. The van der Waals surface area contributed by atoms with Crippen LogP contribution in [-0.2, 0) is 0 Å². The van der Waals surface area contributed by atoms with Crippen LogP contribution in [0.15, 0.2) is 18.2 Å². The van der Waals surface area contributed by atoms with Crippen molar-refractivity contribution < 1.29 is 0 Å². The SMILES string of the molecule is Cc1ccc(C2CCN(CCN)CC2)c(C)c1. The minimum absolute atomic E-state index is 0.754. The van der Waals surface area contributed by atoms with Gasteiger partial charge in [0.1, 0.15) is 0 Å². The molecule has 0 radical (unpaired) electrons. The van der Waals surface area contributed by atoms with Gasteiger partial charge in [0.05, 0.1) is 0 Å². The molecular weight excluding hydrogens is 208 g/mol. The first kappa shape index (κ1) is 12.6. The number of piperidine rings is 1. The van der Waals surface area contributed by atoms with Crippen LogP contribution in [0.5, 0.6) is 0 Å². The molecule has 0 unspecified atom stereocenters. The summed E-state index contributed by atoms with van der Waals surface area (Å²) in [7, 11) is 0. The Labute approximate surface area is 105 Å². The summed E-state index contributed by atoms with van der Waals surface area (Å²) in [5.74, 6) is 0.754. The van der Waals surface area contributed by atoms with Crippen molar-refractivity contribution in [1.82, 2.24) is 4.90 Å². The second kappa shape index (κ2) is 5.65. The average molecular weight is 232 g/mol. The van der Waals surface area contributed by atoms with Gasteiger partial charge in [-0.3, -0.25) is 0 Å². The van der Waals surface area contributed by atoms with Crippen LogP contribution in [-0.4, -0.2) is 31.1 Å². The van der Waals surface area contributed by atoms with E-state index < -0.39 is 0 Å². The van der Waals surface area contributed by atoms with Crippen molar-refractivity contribution in [2.24, 2.45) is 5.73 Å². The molecule has 0 bridgehead atoms. The van der Waals surface area contributed by atoms with Gasteiger partial charge in [0, 0.05) is 13.1 Å². The maximum Gasteiger partial charge on any atom is 0.0105 e. The summed E-state index contributed by atoms with van der Waals surface area (Å²) >= 11 is 0. The molecule has 1 heterocycles. The van der Waals surface area contributed by atoms with E-state index in [1.807, 2.05) is 0 Å². The molecule has 0 amide bonds. The van der Waals surface area contributed by atoms with Gasteiger partial charge in [-0.15, -0.1) is 0 Å². The molecule has 1 saturated heterocycles. The molecule has 1 aliphatic rings. The third-order valence-electron chi connectivity index (χ3n) is 3.90. The molecule has 2 N–H and O–H groups in total. The van der Waals surface area contributed by atoms with Gasteiger partial charge >= 0.3 is 0 Å². The molecule has 0 atom stereocenters. The van der Waals surface area contributed by atoms with Gasteiger partial charge in [-0.05, 0) is 56.8 Å². The molecule has 2 nitrogen and oxygen atoms in total. The predicted octanol–water partition coefficient (Wildman–Crippen LogP) is 2.44. The maximum absolute atomic E-state index is 5.60. The summed E-state index contributed by atoms with van der Waals surface area (Å²) in [6.45, 7) is 8.66. The van der Waals surface area contributed by atoms with Gasteiger partial charge in [0.15, 0.2) is 0 Å². The zero-order chi connectivity index (χ0) is 12.3. The van der Waals surface area contributed by atoms with E-state index in [1.165, 1.54) is 37.1 Å². The number of nitrogens with two attached hydrogens (primary N) is 1. The van der Waals surface area contributed by atoms with Crippen molar-refractivity contribution in [1.29, 1.82) is 0 Å². The van der Waals surface area contributed by atoms with E-state index >= 15 is 0 Å². The smallest absolute Gasteiger partial charge is 0.0105 e. The van der Waals surface area contributed by atoms with Gasteiger partial charge in [-0.25, -0.2) is 0 Å². The summed E-state index contributed by atoms with van der Waals surface area (Å²) in [5, 5.41) is 0. The summed E-state index contributed by atoms with van der Waals surface area (Å²) in [6.07, 6.45) is 2.56. The fraction of sp³-hybridized carbons (Fsp3) is 0.600. The van der Waals surface area contributed by atoms with E-state index in [4.69, 9.17) is 5.73 Å². The molecular formula is C15H24N2. The van der Waals surface area contributed by atoms with Gasteiger partial charge in [-0.2, -0.15) is 0 Å². The Hall–Kier alpha value is -0.860. The van der Waals surface area contributed by atoms with E-state index in [2.05, 4.69) is 36.9 Å². The number of hydrogen-bond donors (Lipinski definition) is 1. The van der Waals surface area contributed by atoms with E-state index in [1.54, 1.807) is 5.56 Å². The van der Waals surface area contributed by atoms with Crippen LogP contribution in [0.4, 0.5) is 0 Å². The van der Waals surface area contributed by atoms with E-state index in [9.17, 15) is 0 Å². The highest BCUT2D eigenvalue weighted by molar-refractivity contribution is 5.33. The van der Waals surface area contributed by atoms with E-state index in [0.29, 0.717) is 0 Å². The Bertz CT molecular complexity index is 365. The topological polar surface area (TPSA) is 29.3 Å². The number of hydrogen-bond acceptors (Lipinski definition) is 2. The quantitative estimate of drug-likeness (QED) is 0.867. The molecule has 94 valence electrons. The Kier molecular flexibility index (Phi) is 4.19. The molecule has 1 fully saturated rings. The highest BCUT2D eigenvalue weighted by Crippen LogP contribution is 2.30. The first-order valence-corrected chi connectivity index (χ1v) is 6.70. The molecule has 0 aliphatic carbocycles. The van der Waals surface area contributed by atoms with Crippen LogP contribution in [0, 0.1) is 13.8 Å². The zero-order valence-corrected chi connectivity index (χ0v) is 11.1. The first-order chi connectivity index (χ1) is 8.20. The lowest BCUT2D eigenvalue weighted by Crippen LogP contribution is -2.36. The number of aryl methyl sites for hydroxylation is 2. The third-order valence-corrected chi connectivity index (χ3v) is 3.90. The van der Waals surface area contributed by atoms with Crippen molar-refractivity contribution in [3.63, 3.8) is 0 Å².